The maximum Gasteiger partial charge on any atom is 0.338 e. The van der Waals surface area contributed by atoms with Crippen molar-refractivity contribution in [2.45, 2.75) is 12.2 Å². The third-order valence-electron chi connectivity index (χ3n) is 6.44. The van der Waals surface area contributed by atoms with Gasteiger partial charge in [-0.3, -0.25) is 0 Å². The van der Waals surface area contributed by atoms with Crippen molar-refractivity contribution in [2.75, 3.05) is 7.11 Å². The number of benzene rings is 4. The van der Waals surface area contributed by atoms with E-state index in [1.807, 2.05) is 0 Å². The van der Waals surface area contributed by atoms with E-state index < -0.39 is 36.1 Å². The fraction of sp³-hybridized carbons (Fsp3) is 0.0857. The summed E-state index contributed by atoms with van der Waals surface area (Å²) in [6.45, 7) is 0. The van der Waals surface area contributed by atoms with Gasteiger partial charge in [0.25, 0.3) is 0 Å². The molecule has 0 saturated heterocycles. The van der Waals surface area contributed by atoms with E-state index in [0.717, 1.165) is 12.2 Å². The minimum Gasteiger partial charge on any atom is -0.497 e. The first-order valence-corrected chi connectivity index (χ1v) is 13.4. The zero-order valence-electron chi connectivity index (χ0n) is 23.5. The van der Waals surface area contributed by atoms with Gasteiger partial charge in [-0.25, -0.2) is 19.2 Å². The highest BCUT2D eigenvalue weighted by atomic mass is 16.6. The topological polar surface area (TPSA) is 136 Å². The summed E-state index contributed by atoms with van der Waals surface area (Å²) in [4.78, 5) is 48.7. The summed E-state index contributed by atoms with van der Waals surface area (Å²) >= 11 is 0. The van der Waals surface area contributed by atoms with E-state index >= 15 is 0 Å². The van der Waals surface area contributed by atoms with Crippen molar-refractivity contribution in [3.63, 3.8) is 0 Å². The molecule has 0 fully saturated rings. The summed E-state index contributed by atoms with van der Waals surface area (Å²) in [5, 5.41) is 18.0. The quantitative estimate of drug-likeness (QED) is 0.142. The van der Waals surface area contributed by atoms with Gasteiger partial charge in [0.2, 0.25) is 0 Å². The Hall–Kier alpha value is -5.96. The summed E-state index contributed by atoms with van der Waals surface area (Å²) in [5.41, 5.74) is 2.64. The molecular formula is C35H28O9. The number of hydrogen-bond donors (Lipinski definition) is 2. The van der Waals surface area contributed by atoms with Gasteiger partial charge in [0.05, 0.1) is 18.2 Å². The van der Waals surface area contributed by atoms with Crippen LogP contribution in [-0.2, 0) is 19.1 Å². The van der Waals surface area contributed by atoms with Crippen LogP contribution in [0.15, 0.2) is 115 Å². The van der Waals surface area contributed by atoms with Crippen LogP contribution in [0.5, 0.6) is 5.75 Å². The Morgan fingerprint density at radius 3 is 1.36 bits per heavy atom. The highest BCUT2D eigenvalue weighted by molar-refractivity contribution is 5.91. The number of ether oxygens (including phenoxy) is 3. The van der Waals surface area contributed by atoms with Crippen molar-refractivity contribution in [1.29, 1.82) is 0 Å². The van der Waals surface area contributed by atoms with Crippen LogP contribution < -0.4 is 4.74 Å². The van der Waals surface area contributed by atoms with E-state index in [0.29, 0.717) is 28.0 Å². The molecule has 2 unspecified atom stereocenters. The highest BCUT2D eigenvalue weighted by Gasteiger charge is 2.33. The average Bonchev–Trinajstić information content (AvgIpc) is 3.05. The predicted octanol–water partition coefficient (Wildman–Crippen LogP) is 6.39. The van der Waals surface area contributed by atoms with Crippen molar-refractivity contribution >= 4 is 36.0 Å². The molecule has 0 heterocycles. The van der Waals surface area contributed by atoms with Gasteiger partial charge in [0, 0.05) is 12.2 Å². The Balaban J connectivity index is 1.78. The van der Waals surface area contributed by atoms with Crippen LogP contribution in [-0.4, -0.2) is 41.2 Å². The van der Waals surface area contributed by atoms with E-state index in [4.69, 9.17) is 24.4 Å². The van der Waals surface area contributed by atoms with Crippen LogP contribution in [0.1, 0.15) is 55.2 Å². The lowest BCUT2D eigenvalue weighted by molar-refractivity contribution is -0.132. The van der Waals surface area contributed by atoms with Crippen LogP contribution in [0.4, 0.5) is 0 Å². The molecule has 222 valence electrons. The first-order chi connectivity index (χ1) is 21.2. The van der Waals surface area contributed by atoms with Crippen LogP contribution in [0, 0.1) is 0 Å². The Bertz CT molecular complexity index is 1650. The number of carbonyl (C=O) groups excluding carboxylic acids is 2. The average molecular weight is 593 g/mol. The largest absolute Gasteiger partial charge is 0.497 e. The summed E-state index contributed by atoms with van der Waals surface area (Å²) < 4.78 is 17.2. The van der Waals surface area contributed by atoms with Crippen LogP contribution in [0.2, 0.25) is 0 Å². The lowest BCUT2D eigenvalue weighted by Crippen LogP contribution is -2.23. The van der Waals surface area contributed by atoms with Crippen LogP contribution in [0.25, 0.3) is 12.2 Å². The third-order valence-corrected chi connectivity index (χ3v) is 6.44. The molecular weight excluding hydrogens is 564 g/mol. The van der Waals surface area contributed by atoms with Gasteiger partial charge in [-0.1, -0.05) is 66.7 Å². The fourth-order valence-corrected chi connectivity index (χ4v) is 4.21. The predicted molar refractivity (Wildman–Crippen MR) is 162 cm³/mol. The number of carboxylic acids is 2. The van der Waals surface area contributed by atoms with E-state index in [-0.39, 0.29) is 11.1 Å². The minimum atomic E-state index is -1.14. The van der Waals surface area contributed by atoms with Gasteiger partial charge < -0.3 is 24.4 Å². The second-order valence-corrected chi connectivity index (χ2v) is 9.42. The molecule has 0 aromatic heterocycles. The smallest absolute Gasteiger partial charge is 0.338 e. The number of carbonyl (C=O) groups is 4. The SMILES string of the molecule is COc1ccc(C(=O)OC(c2ccc(/C=C/C(=O)O)cc2)C(OC(=O)c2ccccc2)c2ccc(/C=C/C(=O)O)cc2)cc1. The van der Waals surface area contributed by atoms with E-state index in [1.54, 1.807) is 103 Å². The van der Waals surface area contributed by atoms with Gasteiger partial charge in [-0.2, -0.15) is 0 Å². The molecule has 4 aromatic rings. The molecule has 0 bridgehead atoms. The second kappa shape index (κ2) is 14.8. The maximum absolute atomic E-state index is 13.4. The summed E-state index contributed by atoms with van der Waals surface area (Å²) in [6.07, 6.45) is 2.56. The van der Waals surface area contributed by atoms with Gasteiger partial charge >= 0.3 is 23.9 Å². The van der Waals surface area contributed by atoms with Crippen molar-refractivity contribution in [3.05, 3.63) is 149 Å². The first kappa shape index (κ1) is 31.0. The van der Waals surface area contributed by atoms with Crippen molar-refractivity contribution in [3.8, 4) is 5.75 Å². The molecule has 44 heavy (non-hydrogen) atoms. The van der Waals surface area contributed by atoms with Crippen molar-refractivity contribution in [2.24, 2.45) is 0 Å². The van der Waals surface area contributed by atoms with Crippen molar-refractivity contribution < 1.29 is 43.6 Å². The Labute approximate surface area is 253 Å². The lowest BCUT2D eigenvalue weighted by Gasteiger charge is -2.28. The summed E-state index contributed by atoms with van der Waals surface area (Å²) in [6, 6.07) is 27.9. The number of methoxy groups -OCH3 is 1. The first-order valence-electron chi connectivity index (χ1n) is 13.4. The van der Waals surface area contributed by atoms with E-state index in [2.05, 4.69) is 0 Å². The normalized spacial score (nSPS) is 12.4. The number of carboxylic acid groups (broad SMARTS) is 2. The van der Waals surface area contributed by atoms with Gasteiger partial charge in [0.15, 0.2) is 12.2 Å². The number of hydrogen-bond acceptors (Lipinski definition) is 7. The summed E-state index contributed by atoms with van der Waals surface area (Å²) in [5.74, 6) is -2.99. The molecule has 0 aliphatic heterocycles. The standard InChI is InChI=1S/C35H28O9/c1-42-29-19-17-28(18-20-29)35(41)44-33(26-15-9-24(10-16-26)12-22-31(38)39)32(43-34(40)27-5-3-2-4-6-27)25-13-7-23(8-14-25)11-21-30(36)37/h2-22,32-33H,1H3,(H,36,37)(H,38,39)/b21-11+,22-12+. The fourth-order valence-electron chi connectivity index (χ4n) is 4.21. The molecule has 0 amide bonds. The molecule has 0 radical (unpaired) electrons. The second-order valence-electron chi connectivity index (χ2n) is 9.42. The molecule has 9 nitrogen and oxygen atoms in total. The number of esters is 2. The summed E-state index contributed by atoms with van der Waals surface area (Å²) in [7, 11) is 1.51. The van der Waals surface area contributed by atoms with Crippen LogP contribution in [0.3, 0.4) is 0 Å². The highest BCUT2D eigenvalue weighted by Crippen LogP contribution is 2.37. The molecule has 0 aliphatic rings. The van der Waals surface area contributed by atoms with E-state index in [1.165, 1.54) is 19.3 Å². The monoisotopic (exact) mass is 592 g/mol. The Morgan fingerprint density at radius 2 is 0.977 bits per heavy atom. The van der Waals surface area contributed by atoms with Gasteiger partial charge in [-0.05, 0) is 70.8 Å². The maximum atomic E-state index is 13.4. The zero-order chi connectivity index (χ0) is 31.5. The Morgan fingerprint density at radius 1 is 0.568 bits per heavy atom. The molecule has 2 N–H and O–H groups in total. The molecule has 4 aromatic carbocycles. The third kappa shape index (κ3) is 8.53. The van der Waals surface area contributed by atoms with Crippen LogP contribution >= 0.6 is 0 Å². The Kier molecular flexibility index (Phi) is 10.4. The molecule has 2 atom stereocenters. The van der Waals surface area contributed by atoms with Gasteiger partial charge in [0.1, 0.15) is 5.75 Å². The lowest BCUT2D eigenvalue weighted by atomic mass is 9.95. The van der Waals surface area contributed by atoms with Crippen molar-refractivity contribution in [1.82, 2.24) is 0 Å². The zero-order valence-corrected chi connectivity index (χ0v) is 23.5. The molecule has 9 heteroatoms. The molecule has 0 spiro atoms. The van der Waals surface area contributed by atoms with Gasteiger partial charge in [-0.15, -0.1) is 0 Å². The molecule has 0 saturated carbocycles. The molecule has 0 aliphatic carbocycles. The number of rotatable bonds is 12. The van der Waals surface area contributed by atoms with E-state index in [9.17, 15) is 19.2 Å². The molecule has 4 rings (SSSR count). The number of aliphatic carboxylic acids is 2. The minimum absolute atomic E-state index is 0.235.